The Morgan fingerprint density at radius 2 is 1.84 bits per heavy atom. The van der Waals surface area contributed by atoms with Gasteiger partial charge in [-0.05, 0) is 18.1 Å². The van der Waals surface area contributed by atoms with Crippen LogP contribution in [0.15, 0.2) is 45.6 Å². The Hall–Kier alpha value is -3.20. The lowest BCUT2D eigenvalue weighted by atomic mass is 10.0. The second-order valence-corrected chi connectivity index (χ2v) is 5.79. The summed E-state index contributed by atoms with van der Waals surface area (Å²) < 4.78 is 2.16. The van der Waals surface area contributed by atoms with Gasteiger partial charge in [0, 0.05) is 25.9 Å². The molecule has 0 aliphatic rings. The molecule has 6 heteroatoms. The van der Waals surface area contributed by atoms with Crippen LogP contribution in [0.3, 0.4) is 0 Å². The molecule has 0 unspecified atom stereocenters. The zero-order valence-electron chi connectivity index (χ0n) is 14.4. The van der Waals surface area contributed by atoms with Gasteiger partial charge in [-0.15, -0.1) is 0 Å². The van der Waals surface area contributed by atoms with Gasteiger partial charge in [-0.25, -0.2) is 4.79 Å². The highest BCUT2D eigenvalue weighted by molar-refractivity contribution is 6.14. The van der Waals surface area contributed by atoms with E-state index in [1.54, 1.807) is 12.1 Å². The van der Waals surface area contributed by atoms with Crippen LogP contribution >= 0.6 is 0 Å². The molecular formula is C19H19N3O3. The van der Waals surface area contributed by atoms with Crippen molar-refractivity contribution in [2.24, 2.45) is 14.1 Å². The van der Waals surface area contributed by atoms with Gasteiger partial charge in [0.15, 0.2) is 0 Å². The van der Waals surface area contributed by atoms with E-state index < -0.39 is 17.0 Å². The summed E-state index contributed by atoms with van der Waals surface area (Å²) in [5, 5.41) is 9.33. The number of carbonyl (C=O) groups is 1. The van der Waals surface area contributed by atoms with Gasteiger partial charge in [-0.1, -0.05) is 37.6 Å². The van der Waals surface area contributed by atoms with Crippen molar-refractivity contribution in [1.29, 1.82) is 5.26 Å². The Bertz CT molecular complexity index is 987. The molecule has 0 aliphatic heterocycles. The molecule has 0 spiro atoms. The lowest BCUT2D eigenvalue weighted by Crippen LogP contribution is -2.37. The van der Waals surface area contributed by atoms with Crippen LogP contribution in [0.1, 0.15) is 34.8 Å². The number of ketones is 1. The van der Waals surface area contributed by atoms with Gasteiger partial charge in [0.05, 0.1) is 5.56 Å². The largest absolute Gasteiger partial charge is 0.330 e. The van der Waals surface area contributed by atoms with Crippen LogP contribution in [-0.4, -0.2) is 14.9 Å². The highest BCUT2D eigenvalue weighted by atomic mass is 16.2. The molecule has 0 saturated heterocycles. The first-order valence-electron chi connectivity index (χ1n) is 7.91. The summed E-state index contributed by atoms with van der Waals surface area (Å²) in [6.07, 6.45) is 4.47. The molecule has 0 fully saturated rings. The number of aromatic nitrogens is 2. The van der Waals surface area contributed by atoms with Crippen LogP contribution in [0.4, 0.5) is 0 Å². The van der Waals surface area contributed by atoms with Crippen LogP contribution in [-0.2, 0) is 20.5 Å². The van der Waals surface area contributed by atoms with Crippen LogP contribution in [0.25, 0.3) is 6.08 Å². The minimum atomic E-state index is -0.554. The first-order chi connectivity index (χ1) is 11.9. The van der Waals surface area contributed by atoms with Crippen molar-refractivity contribution in [1.82, 2.24) is 9.13 Å². The number of benzene rings is 1. The van der Waals surface area contributed by atoms with E-state index in [0.717, 1.165) is 23.0 Å². The average Bonchev–Trinajstić information content (AvgIpc) is 2.62. The molecule has 0 atom stereocenters. The first-order valence-corrected chi connectivity index (χ1v) is 7.91. The van der Waals surface area contributed by atoms with Crippen molar-refractivity contribution >= 4 is 11.9 Å². The van der Waals surface area contributed by atoms with Gasteiger partial charge in [0.2, 0.25) is 5.78 Å². The number of allylic oxidation sites excluding steroid dienone is 1. The summed E-state index contributed by atoms with van der Waals surface area (Å²) in [4.78, 5) is 36.4. The number of nitriles is 1. The number of rotatable bonds is 5. The average molecular weight is 337 g/mol. The molecule has 2 rings (SSSR count). The fraction of sp³-hybridized carbons (Fsp3) is 0.263. The maximum atomic E-state index is 12.5. The van der Waals surface area contributed by atoms with E-state index in [0.29, 0.717) is 5.56 Å². The molecule has 1 heterocycles. The van der Waals surface area contributed by atoms with E-state index in [1.165, 1.54) is 30.9 Å². The van der Waals surface area contributed by atoms with Crippen molar-refractivity contribution in [2.75, 3.05) is 0 Å². The molecule has 1 aromatic heterocycles. The van der Waals surface area contributed by atoms with E-state index >= 15 is 0 Å². The monoisotopic (exact) mass is 337 g/mol. The van der Waals surface area contributed by atoms with Gasteiger partial charge >= 0.3 is 5.69 Å². The van der Waals surface area contributed by atoms with Crippen molar-refractivity contribution in [3.63, 3.8) is 0 Å². The van der Waals surface area contributed by atoms with Gasteiger partial charge in [-0.2, -0.15) is 5.26 Å². The van der Waals surface area contributed by atoms with E-state index in [-0.39, 0.29) is 11.1 Å². The quantitative estimate of drug-likeness (QED) is 0.473. The highest BCUT2D eigenvalue weighted by Crippen LogP contribution is 2.13. The van der Waals surface area contributed by atoms with Crippen LogP contribution < -0.4 is 11.2 Å². The Balaban J connectivity index is 2.44. The zero-order valence-corrected chi connectivity index (χ0v) is 14.4. The number of Topliss-reactive ketones (excluding diaryl/α,β-unsaturated/α-hetero) is 1. The number of hydrogen-bond acceptors (Lipinski definition) is 4. The van der Waals surface area contributed by atoms with Crippen LogP contribution in [0.5, 0.6) is 0 Å². The normalized spacial score (nSPS) is 11.2. The first kappa shape index (κ1) is 18.1. The Morgan fingerprint density at radius 1 is 1.20 bits per heavy atom. The second kappa shape index (κ2) is 7.58. The van der Waals surface area contributed by atoms with Crippen molar-refractivity contribution in [3.05, 3.63) is 73.6 Å². The molecule has 1 aromatic carbocycles. The summed E-state index contributed by atoms with van der Waals surface area (Å²) in [5.74, 6) is -0.457. The van der Waals surface area contributed by atoms with E-state index in [9.17, 15) is 19.6 Å². The number of carbonyl (C=O) groups excluding carboxylic acids is 1. The standard InChI is InChI=1S/C19H19N3O3/c1-4-5-13-6-8-14(9-7-13)17(23)15(11-20)10-16-12-21(2)19(25)22(3)18(16)24/h6-10,12H,4-5H2,1-3H3/b15-10+. The lowest BCUT2D eigenvalue weighted by molar-refractivity contribution is 0.104. The Labute approximate surface area is 145 Å². The maximum Gasteiger partial charge on any atom is 0.330 e. The second-order valence-electron chi connectivity index (χ2n) is 5.79. The van der Waals surface area contributed by atoms with Crippen LogP contribution in [0, 0.1) is 11.3 Å². The highest BCUT2D eigenvalue weighted by Gasteiger charge is 2.14. The topological polar surface area (TPSA) is 84.9 Å². The van der Waals surface area contributed by atoms with E-state index in [4.69, 9.17) is 0 Å². The van der Waals surface area contributed by atoms with Crippen molar-refractivity contribution in [3.8, 4) is 6.07 Å². The summed E-state index contributed by atoms with van der Waals surface area (Å²) in [7, 11) is 2.85. The number of nitrogens with zero attached hydrogens (tertiary/aromatic N) is 3. The summed E-state index contributed by atoms with van der Waals surface area (Å²) in [6, 6.07) is 8.92. The fourth-order valence-corrected chi connectivity index (χ4v) is 2.51. The molecule has 0 saturated carbocycles. The van der Waals surface area contributed by atoms with E-state index in [2.05, 4.69) is 6.92 Å². The molecule has 0 N–H and O–H groups in total. The zero-order chi connectivity index (χ0) is 18.6. The van der Waals surface area contributed by atoms with Gasteiger partial charge in [-0.3, -0.25) is 14.2 Å². The molecule has 6 nitrogen and oxygen atoms in total. The van der Waals surface area contributed by atoms with Gasteiger partial charge < -0.3 is 4.57 Å². The minimum Gasteiger partial charge on any atom is -0.303 e. The third-order valence-corrected chi connectivity index (χ3v) is 3.89. The van der Waals surface area contributed by atoms with Gasteiger partial charge in [0.25, 0.3) is 5.56 Å². The van der Waals surface area contributed by atoms with Gasteiger partial charge in [0.1, 0.15) is 11.6 Å². The minimum absolute atomic E-state index is 0.108. The molecule has 0 amide bonds. The predicted molar refractivity (Wildman–Crippen MR) is 95.3 cm³/mol. The van der Waals surface area contributed by atoms with Crippen LogP contribution in [0.2, 0.25) is 0 Å². The Kier molecular flexibility index (Phi) is 5.50. The molecule has 0 bridgehead atoms. The summed E-state index contributed by atoms with van der Waals surface area (Å²) in [5.41, 5.74) is 0.430. The van der Waals surface area contributed by atoms with Crippen molar-refractivity contribution in [2.45, 2.75) is 19.8 Å². The third kappa shape index (κ3) is 3.83. The van der Waals surface area contributed by atoms with E-state index in [1.807, 2.05) is 18.2 Å². The maximum absolute atomic E-state index is 12.5. The fourth-order valence-electron chi connectivity index (χ4n) is 2.51. The smallest absolute Gasteiger partial charge is 0.303 e. The third-order valence-electron chi connectivity index (χ3n) is 3.89. The lowest BCUT2D eigenvalue weighted by Gasteiger charge is -2.05. The Morgan fingerprint density at radius 3 is 2.40 bits per heavy atom. The molecule has 0 radical (unpaired) electrons. The molecule has 128 valence electrons. The predicted octanol–water partition coefficient (Wildman–Crippen LogP) is 1.83. The SMILES string of the molecule is CCCc1ccc(C(=O)/C(C#N)=C/c2cn(C)c(=O)n(C)c2=O)cc1. The number of aryl methyl sites for hydroxylation is 2. The molecular weight excluding hydrogens is 318 g/mol. The van der Waals surface area contributed by atoms with Crippen molar-refractivity contribution < 1.29 is 4.79 Å². The molecule has 25 heavy (non-hydrogen) atoms. The number of hydrogen-bond donors (Lipinski definition) is 0. The molecule has 0 aliphatic carbocycles. The summed E-state index contributed by atoms with van der Waals surface area (Å²) >= 11 is 0. The molecule has 2 aromatic rings. The summed E-state index contributed by atoms with van der Waals surface area (Å²) in [6.45, 7) is 2.07.